The molecule has 0 aromatic carbocycles. The van der Waals surface area contributed by atoms with Crippen molar-refractivity contribution in [1.29, 1.82) is 0 Å². The molecule has 18 heavy (non-hydrogen) atoms. The monoisotopic (exact) mass is 271 g/mol. The normalized spacial score (nSPS) is 23.1. The summed E-state index contributed by atoms with van der Waals surface area (Å²) in [5.74, 6) is 0. The maximum Gasteiger partial charge on any atom is 0.409 e. The average molecular weight is 271 g/mol. The summed E-state index contributed by atoms with van der Waals surface area (Å²) in [5, 5.41) is 9.54. The SMILES string of the molecule is C[Si](C)(C)CCOC(=O)N1CC/C=C\C(O)CC1. The summed E-state index contributed by atoms with van der Waals surface area (Å²) in [7, 11) is -1.15. The summed E-state index contributed by atoms with van der Waals surface area (Å²) in [6.07, 6.45) is 4.40. The molecule has 5 heteroatoms. The van der Waals surface area contributed by atoms with E-state index in [0.29, 0.717) is 26.1 Å². The molecule has 104 valence electrons. The number of aliphatic hydroxyl groups is 1. The van der Waals surface area contributed by atoms with Gasteiger partial charge >= 0.3 is 6.09 Å². The Bertz CT molecular complexity index is 299. The molecule has 0 fully saturated rings. The molecule has 1 atom stereocenters. The fourth-order valence-electron chi connectivity index (χ4n) is 1.70. The molecule has 1 N–H and O–H groups in total. The van der Waals surface area contributed by atoms with Gasteiger partial charge in [0.05, 0.1) is 12.7 Å². The van der Waals surface area contributed by atoms with Crippen molar-refractivity contribution in [1.82, 2.24) is 4.90 Å². The number of rotatable bonds is 3. The highest BCUT2D eigenvalue weighted by Gasteiger charge is 2.18. The Hall–Kier alpha value is -0.813. The first-order valence-corrected chi connectivity index (χ1v) is 10.4. The lowest BCUT2D eigenvalue weighted by Gasteiger charge is -2.24. The number of nitrogens with zero attached hydrogens (tertiary/aromatic N) is 1. The van der Waals surface area contributed by atoms with E-state index in [4.69, 9.17) is 4.74 Å². The molecule has 0 radical (unpaired) electrons. The van der Waals surface area contributed by atoms with Crippen LogP contribution in [0, 0.1) is 0 Å². The quantitative estimate of drug-likeness (QED) is 0.634. The molecule has 1 unspecified atom stereocenters. The number of aliphatic hydroxyl groups excluding tert-OH is 1. The van der Waals surface area contributed by atoms with Crippen LogP contribution in [0.2, 0.25) is 25.7 Å². The fraction of sp³-hybridized carbons (Fsp3) is 0.769. The maximum atomic E-state index is 11.9. The summed E-state index contributed by atoms with van der Waals surface area (Å²) in [5.41, 5.74) is 0. The van der Waals surface area contributed by atoms with Crippen molar-refractivity contribution in [2.45, 2.75) is 44.6 Å². The van der Waals surface area contributed by atoms with E-state index in [2.05, 4.69) is 19.6 Å². The number of hydrogen-bond donors (Lipinski definition) is 1. The molecule has 1 heterocycles. The van der Waals surface area contributed by atoms with Gasteiger partial charge in [0, 0.05) is 21.2 Å². The summed E-state index contributed by atoms with van der Waals surface area (Å²) in [4.78, 5) is 13.6. The lowest BCUT2D eigenvalue weighted by Crippen LogP contribution is -2.36. The van der Waals surface area contributed by atoms with Gasteiger partial charge in [0.2, 0.25) is 0 Å². The van der Waals surface area contributed by atoms with Crippen LogP contribution in [0.4, 0.5) is 4.79 Å². The molecular formula is C13H25NO3Si. The topological polar surface area (TPSA) is 49.8 Å². The van der Waals surface area contributed by atoms with Crippen molar-refractivity contribution in [3.63, 3.8) is 0 Å². The van der Waals surface area contributed by atoms with E-state index in [-0.39, 0.29) is 6.09 Å². The maximum absolute atomic E-state index is 11.9. The lowest BCUT2D eigenvalue weighted by molar-refractivity contribution is 0.0994. The van der Waals surface area contributed by atoms with Gasteiger partial charge in [0.15, 0.2) is 0 Å². The van der Waals surface area contributed by atoms with Crippen LogP contribution in [0.25, 0.3) is 0 Å². The third kappa shape index (κ3) is 6.21. The molecule has 0 aromatic heterocycles. The third-order valence-electron chi connectivity index (χ3n) is 2.95. The van der Waals surface area contributed by atoms with E-state index in [1.807, 2.05) is 6.08 Å². The van der Waals surface area contributed by atoms with Crippen LogP contribution in [-0.2, 0) is 4.74 Å². The van der Waals surface area contributed by atoms with Gasteiger partial charge in [-0.05, 0) is 18.9 Å². The highest BCUT2D eigenvalue weighted by atomic mass is 28.3. The summed E-state index contributed by atoms with van der Waals surface area (Å²) >= 11 is 0. The second-order valence-electron chi connectivity index (χ2n) is 5.98. The first-order chi connectivity index (χ1) is 8.38. The molecule has 0 aromatic rings. The minimum atomic E-state index is -1.15. The fourth-order valence-corrected chi connectivity index (χ4v) is 2.41. The molecule has 4 nitrogen and oxygen atoms in total. The zero-order valence-corrected chi connectivity index (χ0v) is 12.7. The van der Waals surface area contributed by atoms with Gasteiger partial charge in [-0.1, -0.05) is 31.8 Å². The van der Waals surface area contributed by atoms with Gasteiger partial charge in [-0.15, -0.1) is 0 Å². The predicted octanol–water partition coefficient (Wildman–Crippen LogP) is 2.47. The second-order valence-corrected chi connectivity index (χ2v) is 11.6. The van der Waals surface area contributed by atoms with Gasteiger partial charge in [0.1, 0.15) is 0 Å². The summed E-state index contributed by atoms with van der Waals surface area (Å²) in [6, 6.07) is 0.995. The molecule has 0 saturated heterocycles. The number of hydrogen-bond acceptors (Lipinski definition) is 3. The van der Waals surface area contributed by atoms with Crippen LogP contribution in [-0.4, -0.2) is 50.0 Å². The Morgan fingerprint density at radius 1 is 1.44 bits per heavy atom. The molecule has 1 amide bonds. The predicted molar refractivity (Wildman–Crippen MR) is 75.5 cm³/mol. The van der Waals surface area contributed by atoms with Crippen LogP contribution in [0.15, 0.2) is 12.2 Å². The molecule has 1 aliphatic heterocycles. The first-order valence-electron chi connectivity index (χ1n) is 6.65. The molecule has 0 aliphatic carbocycles. The Balaban J connectivity index is 2.34. The first kappa shape index (κ1) is 15.2. The number of ether oxygens (including phenoxy) is 1. The van der Waals surface area contributed by atoms with Gasteiger partial charge < -0.3 is 14.7 Å². The van der Waals surface area contributed by atoms with Crippen molar-refractivity contribution in [2.75, 3.05) is 19.7 Å². The zero-order chi connectivity index (χ0) is 13.6. The van der Waals surface area contributed by atoms with Crippen molar-refractivity contribution in [3.05, 3.63) is 12.2 Å². The lowest BCUT2D eigenvalue weighted by atomic mass is 10.1. The van der Waals surface area contributed by atoms with Crippen molar-refractivity contribution in [3.8, 4) is 0 Å². The molecule has 1 aliphatic rings. The molecule has 0 saturated carbocycles. The van der Waals surface area contributed by atoms with Gasteiger partial charge in [-0.2, -0.15) is 0 Å². The van der Waals surface area contributed by atoms with Crippen LogP contribution in [0.5, 0.6) is 0 Å². The van der Waals surface area contributed by atoms with Crippen molar-refractivity contribution >= 4 is 14.2 Å². The van der Waals surface area contributed by atoms with Gasteiger partial charge in [-0.3, -0.25) is 0 Å². The third-order valence-corrected chi connectivity index (χ3v) is 4.66. The molecule has 0 bridgehead atoms. The van der Waals surface area contributed by atoms with E-state index < -0.39 is 14.2 Å². The number of amides is 1. The van der Waals surface area contributed by atoms with E-state index in [0.717, 1.165) is 12.5 Å². The van der Waals surface area contributed by atoms with E-state index in [1.54, 1.807) is 11.0 Å². The summed E-state index contributed by atoms with van der Waals surface area (Å²) < 4.78 is 5.31. The van der Waals surface area contributed by atoms with Crippen molar-refractivity contribution in [2.24, 2.45) is 0 Å². The molecular weight excluding hydrogens is 246 g/mol. The molecule has 1 rings (SSSR count). The average Bonchev–Trinajstić information content (AvgIpc) is 2.22. The van der Waals surface area contributed by atoms with E-state index >= 15 is 0 Å². The smallest absolute Gasteiger partial charge is 0.409 e. The highest BCUT2D eigenvalue weighted by molar-refractivity contribution is 6.76. The van der Waals surface area contributed by atoms with E-state index in [9.17, 15) is 9.90 Å². The van der Waals surface area contributed by atoms with Crippen LogP contribution in [0.3, 0.4) is 0 Å². The van der Waals surface area contributed by atoms with Crippen LogP contribution >= 0.6 is 0 Å². The summed E-state index contributed by atoms with van der Waals surface area (Å²) in [6.45, 7) is 8.55. The Morgan fingerprint density at radius 2 is 2.17 bits per heavy atom. The second kappa shape index (κ2) is 6.94. The van der Waals surface area contributed by atoms with Gasteiger partial charge in [0.25, 0.3) is 0 Å². The largest absolute Gasteiger partial charge is 0.450 e. The zero-order valence-electron chi connectivity index (χ0n) is 11.7. The Morgan fingerprint density at radius 3 is 2.83 bits per heavy atom. The van der Waals surface area contributed by atoms with Crippen molar-refractivity contribution < 1.29 is 14.6 Å². The molecule has 0 spiro atoms. The van der Waals surface area contributed by atoms with Crippen LogP contribution < -0.4 is 0 Å². The Labute approximate surface area is 111 Å². The Kier molecular flexibility index (Phi) is 5.88. The van der Waals surface area contributed by atoms with E-state index in [1.165, 1.54) is 0 Å². The minimum absolute atomic E-state index is 0.240. The highest BCUT2D eigenvalue weighted by Crippen LogP contribution is 2.10. The standard InChI is InChI=1S/C13H25NO3Si/c1-18(2,3)11-10-17-13(16)14-8-5-4-6-12(15)7-9-14/h4,6,12,15H,5,7-11H2,1-3H3/b6-4-. The van der Waals surface area contributed by atoms with Crippen LogP contribution in [0.1, 0.15) is 12.8 Å². The number of carbonyl (C=O) groups is 1. The number of carbonyl (C=O) groups excluding carboxylic acids is 1. The van der Waals surface area contributed by atoms with Gasteiger partial charge in [-0.25, -0.2) is 4.79 Å². The minimum Gasteiger partial charge on any atom is -0.450 e.